The van der Waals surface area contributed by atoms with Crippen molar-refractivity contribution in [1.82, 2.24) is 9.80 Å². The molecule has 1 aliphatic heterocycles. The highest BCUT2D eigenvalue weighted by Gasteiger charge is 2.34. The van der Waals surface area contributed by atoms with Gasteiger partial charge in [-0.2, -0.15) is 0 Å². The van der Waals surface area contributed by atoms with Gasteiger partial charge < -0.3 is 14.5 Å². The van der Waals surface area contributed by atoms with Crippen molar-refractivity contribution in [1.29, 1.82) is 0 Å². The topological polar surface area (TPSA) is 49.9 Å². The van der Waals surface area contributed by atoms with Crippen LogP contribution in [0.2, 0.25) is 0 Å². The van der Waals surface area contributed by atoms with E-state index in [-0.39, 0.29) is 24.4 Å². The summed E-state index contributed by atoms with van der Waals surface area (Å²) in [6.45, 7) is 5.69. The molecule has 1 aromatic heterocycles. The van der Waals surface area contributed by atoms with Crippen LogP contribution in [0, 0.1) is 6.92 Å². The van der Waals surface area contributed by atoms with E-state index in [0.29, 0.717) is 25.3 Å². The normalized spacial score (nSPS) is 15.0. The molecule has 4 rings (SSSR count). The average Bonchev–Trinajstić information content (AvgIpc) is 3.38. The van der Waals surface area contributed by atoms with Gasteiger partial charge in [0, 0.05) is 30.6 Å². The van der Waals surface area contributed by atoms with Gasteiger partial charge in [0.1, 0.15) is 6.54 Å². The molecule has 1 atom stereocenters. The summed E-state index contributed by atoms with van der Waals surface area (Å²) in [5.74, 6) is -0.174. The lowest BCUT2D eigenvalue weighted by Crippen LogP contribution is -2.47. The molecule has 3 aromatic rings. The lowest BCUT2D eigenvalue weighted by Gasteiger charge is -2.38. The van der Waals surface area contributed by atoms with Gasteiger partial charge in [0.2, 0.25) is 5.91 Å². The largest absolute Gasteiger partial charge is 0.383 e. The second-order valence-electron chi connectivity index (χ2n) is 9.42. The first-order valence-electron chi connectivity index (χ1n) is 12.8. The predicted molar refractivity (Wildman–Crippen MR) is 146 cm³/mol. The zero-order chi connectivity index (χ0) is 25.5. The summed E-state index contributed by atoms with van der Waals surface area (Å²) in [7, 11) is 1.62. The number of methoxy groups -OCH3 is 1. The standard InChI is InChI=1S/C30H36N2O3S/c1-4-5-9-23-11-13-24(14-12-23)30(34)31(18-19-35-3)21-28(33)32-17-15-27-26(16-20-36-27)29(32)25-10-7-6-8-22(25)2/h6-8,10-14,16,20,29H,4-5,9,15,17-19,21H2,1-3H3. The summed E-state index contributed by atoms with van der Waals surface area (Å²) in [5, 5.41) is 2.11. The number of hydrogen-bond donors (Lipinski definition) is 0. The Morgan fingerprint density at radius 1 is 1.08 bits per heavy atom. The van der Waals surface area contributed by atoms with Crippen LogP contribution in [0.3, 0.4) is 0 Å². The summed E-state index contributed by atoms with van der Waals surface area (Å²) in [6.07, 6.45) is 4.12. The Hall–Kier alpha value is -2.96. The molecule has 0 bridgehead atoms. The number of carbonyl (C=O) groups excluding carboxylic acids is 2. The van der Waals surface area contributed by atoms with Crippen molar-refractivity contribution in [3.8, 4) is 0 Å². The van der Waals surface area contributed by atoms with E-state index in [1.165, 1.54) is 16.0 Å². The molecule has 0 radical (unpaired) electrons. The fourth-order valence-corrected chi connectivity index (χ4v) is 5.80. The van der Waals surface area contributed by atoms with Crippen molar-refractivity contribution in [2.45, 2.75) is 45.6 Å². The van der Waals surface area contributed by atoms with Crippen LogP contribution in [0.5, 0.6) is 0 Å². The fraction of sp³-hybridized carbons (Fsp3) is 0.400. The molecule has 1 unspecified atom stereocenters. The Morgan fingerprint density at radius 3 is 2.58 bits per heavy atom. The van der Waals surface area contributed by atoms with Gasteiger partial charge >= 0.3 is 0 Å². The van der Waals surface area contributed by atoms with Crippen molar-refractivity contribution in [2.75, 3.05) is 33.4 Å². The van der Waals surface area contributed by atoms with Crippen molar-refractivity contribution in [2.24, 2.45) is 0 Å². The molecule has 0 aliphatic carbocycles. The maximum atomic E-state index is 13.8. The van der Waals surface area contributed by atoms with Crippen molar-refractivity contribution in [3.63, 3.8) is 0 Å². The first-order chi connectivity index (χ1) is 17.5. The molecule has 5 nitrogen and oxygen atoms in total. The molecular formula is C30H36N2O3S. The molecule has 36 heavy (non-hydrogen) atoms. The summed E-state index contributed by atoms with van der Waals surface area (Å²) < 4.78 is 5.27. The molecule has 0 saturated heterocycles. The predicted octanol–water partition coefficient (Wildman–Crippen LogP) is 5.66. The van der Waals surface area contributed by atoms with Crippen LogP contribution in [0.1, 0.15) is 63.3 Å². The fourth-order valence-electron chi connectivity index (χ4n) is 4.90. The van der Waals surface area contributed by atoms with Gasteiger partial charge in [0.05, 0.1) is 12.6 Å². The second-order valence-corrected chi connectivity index (χ2v) is 10.4. The molecular weight excluding hydrogens is 468 g/mol. The van der Waals surface area contributed by atoms with Crippen LogP contribution in [-0.2, 0) is 22.4 Å². The minimum Gasteiger partial charge on any atom is -0.383 e. The lowest BCUT2D eigenvalue weighted by atomic mass is 9.90. The third kappa shape index (κ3) is 5.88. The molecule has 0 saturated carbocycles. The number of aryl methyl sites for hydroxylation is 2. The summed E-state index contributed by atoms with van der Waals surface area (Å²) in [6, 6.07) is 18.1. The Labute approximate surface area is 218 Å². The minimum absolute atomic E-state index is 0.0294. The van der Waals surface area contributed by atoms with Gasteiger partial charge in [-0.15, -0.1) is 11.3 Å². The van der Waals surface area contributed by atoms with Gasteiger partial charge in [-0.1, -0.05) is 49.7 Å². The van der Waals surface area contributed by atoms with E-state index in [4.69, 9.17) is 4.74 Å². The van der Waals surface area contributed by atoms with E-state index in [1.807, 2.05) is 41.3 Å². The van der Waals surface area contributed by atoms with Crippen molar-refractivity contribution >= 4 is 23.2 Å². The van der Waals surface area contributed by atoms with E-state index < -0.39 is 0 Å². The quantitative estimate of drug-likeness (QED) is 0.358. The maximum Gasteiger partial charge on any atom is 0.254 e. The average molecular weight is 505 g/mol. The first-order valence-corrected chi connectivity index (χ1v) is 13.7. The monoisotopic (exact) mass is 504 g/mol. The summed E-state index contributed by atoms with van der Waals surface area (Å²) in [5.41, 5.74) is 5.34. The molecule has 1 aliphatic rings. The number of rotatable bonds is 10. The number of fused-ring (bicyclic) bond motifs is 1. The zero-order valence-electron chi connectivity index (χ0n) is 21.5. The Balaban J connectivity index is 1.56. The Morgan fingerprint density at radius 2 is 1.86 bits per heavy atom. The van der Waals surface area contributed by atoms with Crippen LogP contribution >= 0.6 is 11.3 Å². The molecule has 2 heterocycles. The van der Waals surface area contributed by atoms with Crippen LogP contribution < -0.4 is 0 Å². The van der Waals surface area contributed by atoms with E-state index in [2.05, 4.69) is 37.4 Å². The second kappa shape index (κ2) is 12.3. The molecule has 0 fully saturated rings. The third-order valence-electron chi connectivity index (χ3n) is 6.97. The minimum atomic E-state index is -0.136. The smallest absolute Gasteiger partial charge is 0.254 e. The van der Waals surface area contributed by atoms with Gasteiger partial charge in [0.25, 0.3) is 5.91 Å². The van der Waals surface area contributed by atoms with E-state index in [9.17, 15) is 9.59 Å². The first kappa shape index (κ1) is 26.1. The van der Waals surface area contributed by atoms with E-state index in [0.717, 1.165) is 36.8 Å². The molecule has 190 valence electrons. The molecule has 0 N–H and O–H groups in total. The molecule has 2 amide bonds. The van der Waals surface area contributed by atoms with E-state index >= 15 is 0 Å². The Kier molecular flexibility index (Phi) is 8.94. The maximum absolute atomic E-state index is 13.8. The SMILES string of the molecule is CCCCc1ccc(C(=O)N(CCOC)CC(=O)N2CCc3sccc3C2c2ccccc2C)cc1. The van der Waals surface area contributed by atoms with Crippen molar-refractivity contribution < 1.29 is 14.3 Å². The van der Waals surface area contributed by atoms with Crippen LogP contribution in [0.4, 0.5) is 0 Å². The zero-order valence-corrected chi connectivity index (χ0v) is 22.4. The molecule has 6 heteroatoms. The highest BCUT2D eigenvalue weighted by Crippen LogP contribution is 2.39. The van der Waals surface area contributed by atoms with Crippen LogP contribution in [0.15, 0.2) is 60.0 Å². The number of unbranched alkanes of at least 4 members (excludes halogenated alkanes) is 1. The number of thiophene rings is 1. The van der Waals surface area contributed by atoms with Crippen molar-refractivity contribution in [3.05, 3.63) is 92.7 Å². The number of ether oxygens (including phenoxy) is 1. The number of amides is 2. The number of nitrogens with zero attached hydrogens (tertiary/aromatic N) is 2. The summed E-state index contributed by atoms with van der Waals surface area (Å²) >= 11 is 1.76. The molecule has 2 aromatic carbocycles. The summed E-state index contributed by atoms with van der Waals surface area (Å²) in [4.78, 5) is 32.2. The highest BCUT2D eigenvalue weighted by molar-refractivity contribution is 7.10. The van der Waals surface area contributed by atoms with Gasteiger partial charge in [0.15, 0.2) is 0 Å². The van der Waals surface area contributed by atoms with Crippen LogP contribution in [0.25, 0.3) is 0 Å². The van der Waals surface area contributed by atoms with E-state index in [1.54, 1.807) is 23.3 Å². The number of hydrogen-bond acceptors (Lipinski definition) is 4. The molecule has 0 spiro atoms. The lowest BCUT2D eigenvalue weighted by molar-refractivity contribution is -0.134. The Bertz CT molecular complexity index is 1170. The van der Waals surface area contributed by atoms with Crippen LogP contribution in [-0.4, -0.2) is 55.0 Å². The van der Waals surface area contributed by atoms with Gasteiger partial charge in [-0.05, 0) is 72.0 Å². The third-order valence-corrected chi connectivity index (χ3v) is 7.96. The number of benzene rings is 2. The van der Waals surface area contributed by atoms with Gasteiger partial charge in [-0.3, -0.25) is 9.59 Å². The highest BCUT2D eigenvalue weighted by atomic mass is 32.1. The number of carbonyl (C=O) groups is 2. The van der Waals surface area contributed by atoms with Gasteiger partial charge in [-0.25, -0.2) is 0 Å².